The maximum absolute atomic E-state index is 12.2. The number of carbonyl (C=O) groups is 2. The molecule has 0 aliphatic carbocycles. The molecule has 8 heteroatoms. The van der Waals surface area contributed by atoms with Gasteiger partial charge in [-0.05, 0) is 60.4 Å². The smallest absolute Gasteiger partial charge is 0.379 e. The van der Waals surface area contributed by atoms with Crippen molar-refractivity contribution in [2.75, 3.05) is 6.61 Å². The maximum Gasteiger partial charge on any atom is 0.379 e. The molecule has 32 heavy (non-hydrogen) atoms. The molecule has 0 aliphatic heterocycles. The summed E-state index contributed by atoms with van der Waals surface area (Å²) in [4.78, 5) is 24.4. The number of nitrogens with zero attached hydrogens (tertiary/aromatic N) is 1. The Morgan fingerprint density at radius 2 is 1.97 bits per heavy atom. The van der Waals surface area contributed by atoms with Crippen LogP contribution in [0.3, 0.4) is 0 Å². The molecule has 3 rings (SSSR count). The van der Waals surface area contributed by atoms with E-state index in [2.05, 4.69) is 40.3 Å². The first kappa shape index (κ1) is 23.3. The molecule has 166 valence electrons. The minimum atomic E-state index is -0.636. The average Bonchev–Trinajstić information content (AvgIpc) is 3.29. The molecule has 1 heterocycles. The number of hydrazone groups is 1. The van der Waals surface area contributed by atoms with E-state index in [4.69, 9.17) is 13.9 Å². The van der Waals surface area contributed by atoms with Crippen molar-refractivity contribution < 1.29 is 23.5 Å². The van der Waals surface area contributed by atoms with Crippen molar-refractivity contribution in [1.82, 2.24) is 5.43 Å². The van der Waals surface area contributed by atoms with E-state index in [0.29, 0.717) is 11.3 Å². The second kappa shape index (κ2) is 10.8. The van der Waals surface area contributed by atoms with Crippen molar-refractivity contribution in [2.45, 2.75) is 26.7 Å². The normalized spacial score (nSPS) is 11.0. The zero-order valence-corrected chi connectivity index (χ0v) is 19.5. The number of hydrogen-bond donors (Lipinski definition) is 1. The molecule has 0 radical (unpaired) electrons. The van der Waals surface area contributed by atoms with Gasteiger partial charge in [-0.1, -0.05) is 41.9 Å². The van der Waals surface area contributed by atoms with Gasteiger partial charge in [-0.3, -0.25) is 4.79 Å². The summed E-state index contributed by atoms with van der Waals surface area (Å²) in [6.07, 6.45) is 2.78. The summed E-state index contributed by atoms with van der Waals surface area (Å²) in [6.45, 7) is 5.92. The third-order valence-electron chi connectivity index (χ3n) is 4.44. The highest BCUT2D eigenvalue weighted by molar-refractivity contribution is 9.10. The average molecular weight is 499 g/mol. The van der Waals surface area contributed by atoms with Gasteiger partial charge in [0.25, 0.3) is 5.91 Å². The summed E-state index contributed by atoms with van der Waals surface area (Å²) in [6, 6.07) is 14.1. The zero-order valence-electron chi connectivity index (χ0n) is 17.9. The van der Waals surface area contributed by atoms with Crippen LogP contribution in [-0.4, -0.2) is 24.7 Å². The predicted molar refractivity (Wildman–Crippen MR) is 124 cm³/mol. The number of rotatable bonds is 8. The van der Waals surface area contributed by atoms with Crippen molar-refractivity contribution in [3.63, 3.8) is 0 Å². The van der Waals surface area contributed by atoms with E-state index in [1.54, 1.807) is 24.3 Å². The second-order valence-electron chi connectivity index (χ2n) is 7.33. The molecule has 1 amide bonds. The highest BCUT2D eigenvalue weighted by atomic mass is 79.9. The highest BCUT2D eigenvalue weighted by Crippen LogP contribution is 2.27. The monoisotopic (exact) mass is 498 g/mol. The fourth-order valence-corrected chi connectivity index (χ4v) is 3.23. The molecule has 0 atom stereocenters. The van der Waals surface area contributed by atoms with Crippen molar-refractivity contribution in [3.8, 4) is 11.5 Å². The van der Waals surface area contributed by atoms with Crippen LogP contribution in [0.1, 0.15) is 47.0 Å². The summed E-state index contributed by atoms with van der Waals surface area (Å²) in [5.74, 6) is 0.247. The molecule has 1 N–H and O–H groups in total. The van der Waals surface area contributed by atoms with Crippen LogP contribution in [-0.2, 0) is 4.79 Å². The minimum absolute atomic E-state index is 0.0816. The lowest BCUT2D eigenvalue weighted by molar-refractivity contribution is -0.123. The van der Waals surface area contributed by atoms with Gasteiger partial charge in [-0.15, -0.1) is 0 Å². The number of furan rings is 1. The Hall–Kier alpha value is -3.39. The molecule has 1 aromatic heterocycles. The summed E-state index contributed by atoms with van der Waals surface area (Å²) in [5.41, 5.74) is 4.99. The standard InChI is InChI=1S/C24H23BrN2O5/c1-15(2)19-8-6-16(3)11-22(19)31-14-23(28)27-26-13-17-12-18(25)7-9-20(17)32-24(29)21-5-4-10-30-21/h4-13,15H,14H2,1-3H3,(H,27,28)/b26-13+. The Balaban J connectivity index is 1.62. The fraction of sp³-hybridized carbons (Fsp3) is 0.208. The van der Waals surface area contributed by atoms with Gasteiger partial charge in [-0.25, -0.2) is 10.2 Å². The van der Waals surface area contributed by atoms with E-state index < -0.39 is 11.9 Å². The van der Waals surface area contributed by atoms with Crippen LogP contribution in [0.15, 0.2) is 68.8 Å². The number of amides is 1. The Morgan fingerprint density at radius 1 is 1.16 bits per heavy atom. The van der Waals surface area contributed by atoms with Gasteiger partial charge in [0.05, 0.1) is 12.5 Å². The Kier molecular flexibility index (Phi) is 7.83. The molecule has 0 fully saturated rings. The van der Waals surface area contributed by atoms with Crippen molar-refractivity contribution in [2.24, 2.45) is 5.10 Å². The van der Waals surface area contributed by atoms with Gasteiger partial charge in [-0.2, -0.15) is 5.10 Å². The molecule has 0 saturated heterocycles. The summed E-state index contributed by atoms with van der Waals surface area (Å²) >= 11 is 3.37. The quantitative estimate of drug-likeness (QED) is 0.199. The fourth-order valence-electron chi connectivity index (χ4n) is 2.85. The molecule has 3 aromatic rings. The first-order valence-electron chi connectivity index (χ1n) is 9.94. The summed E-state index contributed by atoms with van der Waals surface area (Å²) < 4.78 is 16.9. The highest BCUT2D eigenvalue weighted by Gasteiger charge is 2.14. The predicted octanol–water partition coefficient (Wildman–Crippen LogP) is 5.22. The molecule has 0 aliphatic rings. The topological polar surface area (TPSA) is 90.1 Å². The molecular weight excluding hydrogens is 476 g/mol. The number of benzene rings is 2. The number of carbonyl (C=O) groups excluding carboxylic acids is 2. The van der Waals surface area contributed by atoms with Crippen LogP contribution < -0.4 is 14.9 Å². The lowest BCUT2D eigenvalue weighted by atomic mass is 10.0. The van der Waals surface area contributed by atoms with Crippen LogP contribution in [0.2, 0.25) is 0 Å². The largest absolute Gasteiger partial charge is 0.483 e. The molecule has 0 bridgehead atoms. The molecule has 7 nitrogen and oxygen atoms in total. The van der Waals surface area contributed by atoms with Crippen LogP contribution in [0.25, 0.3) is 0 Å². The zero-order chi connectivity index (χ0) is 23.1. The van der Waals surface area contributed by atoms with Gasteiger partial charge in [0.2, 0.25) is 5.76 Å². The van der Waals surface area contributed by atoms with E-state index in [1.807, 2.05) is 25.1 Å². The first-order chi connectivity index (χ1) is 15.3. The number of nitrogens with one attached hydrogen (secondary N) is 1. The Labute approximate surface area is 194 Å². The lowest BCUT2D eigenvalue weighted by Crippen LogP contribution is -2.25. The Morgan fingerprint density at radius 3 is 2.69 bits per heavy atom. The summed E-state index contributed by atoms with van der Waals surface area (Å²) in [5, 5.41) is 3.96. The third kappa shape index (κ3) is 6.31. The van der Waals surface area contributed by atoms with Gasteiger partial charge < -0.3 is 13.9 Å². The van der Waals surface area contributed by atoms with E-state index in [1.165, 1.54) is 18.5 Å². The lowest BCUT2D eigenvalue weighted by Gasteiger charge is -2.14. The van der Waals surface area contributed by atoms with E-state index >= 15 is 0 Å². The second-order valence-corrected chi connectivity index (χ2v) is 8.24. The van der Waals surface area contributed by atoms with Gasteiger partial charge >= 0.3 is 5.97 Å². The van der Waals surface area contributed by atoms with Crippen molar-refractivity contribution in [3.05, 3.63) is 81.7 Å². The number of hydrogen-bond acceptors (Lipinski definition) is 6. The van der Waals surface area contributed by atoms with Gasteiger partial charge in [0.15, 0.2) is 6.61 Å². The van der Waals surface area contributed by atoms with Crippen LogP contribution in [0.5, 0.6) is 11.5 Å². The minimum Gasteiger partial charge on any atom is -0.483 e. The van der Waals surface area contributed by atoms with Crippen molar-refractivity contribution >= 4 is 34.0 Å². The van der Waals surface area contributed by atoms with Gasteiger partial charge in [0, 0.05) is 10.0 Å². The van der Waals surface area contributed by atoms with Crippen LogP contribution in [0, 0.1) is 6.92 Å². The number of halogens is 1. The van der Waals surface area contributed by atoms with E-state index in [9.17, 15) is 9.59 Å². The molecule has 0 saturated carbocycles. The first-order valence-corrected chi connectivity index (χ1v) is 10.7. The molecular formula is C24H23BrN2O5. The van der Waals surface area contributed by atoms with E-state index in [0.717, 1.165) is 15.6 Å². The number of aryl methyl sites for hydroxylation is 1. The molecule has 0 spiro atoms. The number of ether oxygens (including phenoxy) is 2. The SMILES string of the molecule is Cc1ccc(C(C)C)c(OCC(=O)N/N=C/c2cc(Br)ccc2OC(=O)c2ccco2)c1. The van der Waals surface area contributed by atoms with Crippen LogP contribution >= 0.6 is 15.9 Å². The molecule has 2 aromatic carbocycles. The van der Waals surface area contributed by atoms with E-state index in [-0.39, 0.29) is 24.0 Å². The van der Waals surface area contributed by atoms with Crippen LogP contribution in [0.4, 0.5) is 0 Å². The van der Waals surface area contributed by atoms with Gasteiger partial charge in [0.1, 0.15) is 11.5 Å². The summed E-state index contributed by atoms with van der Waals surface area (Å²) in [7, 11) is 0. The Bertz CT molecular complexity index is 1120. The number of esters is 1. The third-order valence-corrected chi connectivity index (χ3v) is 4.93. The van der Waals surface area contributed by atoms with Crippen molar-refractivity contribution in [1.29, 1.82) is 0 Å². The maximum atomic E-state index is 12.2. The molecule has 0 unspecified atom stereocenters.